The zero-order valence-electron chi connectivity index (χ0n) is 12.1. The lowest BCUT2D eigenvalue weighted by Gasteiger charge is -2.15. The van der Waals surface area contributed by atoms with E-state index in [1.807, 2.05) is 11.3 Å². The molecular formula is C13H24N2O2S2. The highest BCUT2D eigenvalue weighted by molar-refractivity contribution is 7.88. The standard InChI is InChI=1S/C13H24N2O2S2/c1-13(2,3)12-7-6-11(18-12)10-14-8-5-9-15-19(4,16)17/h6-7,14-15H,5,8-10H2,1-4H3. The number of nitrogens with one attached hydrogen (secondary N) is 2. The first-order valence-electron chi connectivity index (χ1n) is 6.43. The maximum atomic E-state index is 10.9. The van der Waals surface area contributed by atoms with Gasteiger partial charge in [0, 0.05) is 22.8 Å². The summed E-state index contributed by atoms with van der Waals surface area (Å²) in [6.45, 7) is 8.79. The van der Waals surface area contributed by atoms with Crippen LogP contribution in [0.25, 0.3) is 0 Å². The van der Waals surface area contributed by atoms with Crippen LogP contribution in [0.2, 0.25) is 0 Å². The van der Waals surface area contributed by atoms with Crippen LogP contribution in [0.5, 0.6) is 0 Å². The van der Waals surface area contributed by atoms with E-state index < -0.39 is 10.0 Å². The molecule has 19 heavy (non-hydrogen) atoms. The molecule has 0 aliphatic rings. The maximum absolute atomic E-state index is 10.9. The van der Waals surface area contributed by atoms with Gasteiger partial charge < -0.3 is 5.32 Å². The van der Waals surface area contributed by atoms with Crippen molar-refractivity contribution in [2.24, 2.45) is 0 Å². The Morgan fingerprint density at radius 3 is 2.42 bits per heavy atom. The molecule has 0 bridgehead atoms. The van der Waals surface area contributed by atoms with Crippen LogP contribution in [-0.2, 0) is 22.0 Å². The summed E-state index contributed by atoms with van der Waals surface area (Å²) in [5, 5.41) is 3.33. The van der Waals surface area contributed by atoms with Crippen LogP contribution in [0.4, 0.5) is 0 Å². The van der Waals surface area contributed by atoms with Crippen molar-refractivity contribution in [3.63, 3.8) is 0 Å². The molecule has 0 saturated heterocycles. The largest absolute Gasteiger partial charge is 0.312 e. The van der Waals surface area contributed by atoms with Crippen LogP contribution in [0.1, 0.15) is 36.9 Å². The third-order valence-corrected chi connectivity index (χ3v) is 4.83. The summed E-state index contributed by atoms with van der Waals surface area (Å²) in [6, 6.07) is 4.35. The summed E-state index contributed by atoms with van der Waals surface area (Å²) >= 11 is 1.83. The van der Waals surface area contributed by atoms with E-state index >= 15 is 0 Å². The maximum Gasteiger partial charge on any atom is 0.208 e. The first-order chi connectivity index (χ1) is 8.68. The minimum absolute atomic E-state index is 0.211. The number of hydrogen-bond donors (Lipinski definition) is 2. The lowest BCUT2D eigenvalue weighted by atomic mass is 9.95. The number of hydrogen-bond acceptors (Lipinski definition) is 4. The highest BCUT2D eigenvalue weighted by Crippen LogP contribution is 2.29. The Morgan fingerprint density at radius 2 is 1.89 bits per heavy atom. The fourth-order valence-electron chi connectivity index (χ4n) is 1.56. The molecular weight excluding hydrogens is 280 g/mol. The minimum Gasteiger partial charge on any atom is -0.312 e. The Bertz CT molecular complexity index is 487. The van der Waals surface area contributed by atoms with Gasteiger partial charge in [-0.3, -0.25) is 0 Å². The molecule has 0 atom stereocenters. The molecule has 0 amide bonds. The van der Waals surface area contributed by atoms with E-state index in [4.69, 9.17) is 0 Å². The van der Waals surface area contributed by atoms with E-state index in [9.17, 15) is 8.42 Å². The number of thiophene rings is 1. The van der Waals surface area contributed by atoms with Gasteiger partial charge in [0.2, 0.25) is 10.0 Å². The van der Waals surface area contributed by atoms with Crippen molar-refractivity contribution in [3.8, 4) is 0 Å². The predicted octanol–water partition coefficient (Wildman–Crippen LogP) is 2.07. The Morgan fingerprint density at radius 1 is 1.21 bits per heavy atom. The van der Waals surface area contributed by atoms with Gasteiger partial charge in [0.25, 0.3) is 0 Å². The third-order valence-electron chi connectivity index (χ3n) is 2.59. The molecule has 6 heteroatoms. The zero-order chi connectivity index (χ0) is 14.5. The SMILES string of the molecule is CC(C)(C)c1ccc(CNCCCNS(C)(=O)=O)s1. The predicted molar refractivity (Wildman–Crippen MR) is 82.2 cm³/mol. The van der Waals surface area contributed by atoms with E-state index in [1.165, 1.54) is 16.0 Å². The van der Waals surface area contributed by atoms with E-state index in [-0.39, 0.29) is 5.41 Å². The van der Waals surface area contributed by atoms with Gasteiger partial charge in [0.1, 0.15) is 0 Å². The van der Waals surface area contributed by atoms with Gasteiger partial charge >= 0.3 is 0 Å². The third kappa shape index (κ3) is 7.06. The molecule has 0 aromatic carbocycles. The van der Waals surface area contributed by atoms with Crippen LogP contribution in [0.3, 0.4) is 0 Å². The minimum atomic E-state index is -3.05. The molecule has 1 aromatic rings. The van der Waals surface area contributed by atoms with Gasteiger partial charge in [-0.1, -0.05) is 20.8 Å². The molecule has 0 saturated carbocycles. The molecule has 1 rings (SSSR count). The van der Waals surface area contributed by atoms with Gasteiger partial charge in [-0.25, -0.2) is 13.1 Å². The average Bonchev–Trinajstić information content (AvgIpc) is 2.69. The molecule has 0 aliphatic carbocycles. The van der Waals surface area contributed by atoms with E-state index in [0.717, 1.165) is 19.5 Å². The highest BCUT2D eigenvalue weighted by Gasteiger charge is 2.15. The average molecular weight is 304 g/mol. The van der Waals surface area contributed by atoms with E-state index in [1.54, 1.807) is 0 Å². The Balaban J connectivity index is 2.22. The fourth-order valence-corrected chi connectivity index (χ4v) is 3.11. The van der Waals surface area contributed by atoms with Gasteiger partial charge in [0.05, 0.1) is 6.26 Å². The normalized spacial score (nSPS) is 12.8. The summed E-state index contributed by atoms with van der Waals surface area (Å²) in [5.41, 5.74) is 0.211. The van der Waals surface area contributed by atoms with Crippen molar-refractivity contribution >= 4 is 21.4 Å². The fraction of sp³-hybridized carbons (Fsp3) is 0.692. The topological polar surface area (TPSA) is 58.2 Å². The first-order valence-corrected chi connectivity index (χ1v) is 9.14. The first kappa shape index (κ1) is 16.6. The Kier molecular flexibility index (Phi) is 5.98. The van der Waals surface area contributed by atoms with Crippen molar-refractivity contribution < 1.29 is 8.42 Å². The molecule has 2 N–H and O–H groups in total. The van der Waals surface area contributed by atoms with Crippen molar-refractivity contribution in [2.45, 2.75) is 39.2 Å². The van der Waals surface area contributed by atoms with Crippen molar-refractivity contribution in [1.82, 2.24) is 10.0 Å². The number of rotatable bonds is 7. The molecule has 110 valence electrons. The monoisotopic (exact) mass is 304 g/mol. The van der Waals surface area contributed by atoms with Crippen LogP contribution in [0.15, 0.2) is 12.1 Å². The molecule has 1 aromatic heterocycles. The van der Waals surface area contributed by atoms with Crippen LogP contribution in [-0.4, -0.2) is 27.8 Å². The summed E-state index contributed by atoms with van der Waals surface area (Å²) in [5.74, 6) is 0. The molecule has 0 spiro atoms. The summed E-state index contributed by atoms with van der Waals surface area (Å²) in [7, 11) is -3.05. The van der Waals surface area contributed by atoms with Gasteiger partial charge in [-0.15, -0.1) is 11.3 Å². The van der Waals surface area contributed by atoms with Crippen molar-refractivity contribution in [1.29, 1.82) is 0 Å². The molecule has 0 aliphatic heterocycles. The summed E-state index contributed by atoms with van der Waals surface area (Å²) in [6.07, 6.45) is 1.98. The highest BCUT2D eigenvalue weighted by atomic mass is 32.2. The second-order valence-corrected chi connectivity index (χ2v) is 8.71. The second-order valence-electron chi connectivity index (χ2n) is 5.71. The van der Waals surface area contributed by atoms with E-state index in [0.29, 0.717) is 6.54 Å². The number of sulfonamides is 1. The lowest BCUT2D eigenvalue weighted by molar-refractivity contribution is 0.579. The molecule has 0 radical (unpaired) electrons. The van der Waals surface area contributed by atoms with E-state index in [2.05, 4.69) is 42.9 Å². The van der Waals surface area contributed by atoms with Crippen molar-refractivity contribution in [2.75, 3.05) is 19.3 Å². The smallest absolute Gasteiger partial charge is 0.208 e. The van der Waals surface area contributed by atoms with Gasteiger partial charge in [-0.2, -0.15) is 0 Å². The molecule has 1 heterocycles. The molecule has 4 nitrogen and oxygen atoms in total. The van der Waals surface area contributed by atoms with Crippen molar-refractivity contribution in [3.05, 3.63) is 21.9 Å². The quantitative estimate of drug-likeness (QED) is 0.758. The van der Waals surface area contributed by atoms with Gasteiger partial charge in [-0.05, 0) is 30.5 Å². The van der Waals surface area contributed by atoms with Gasteiger partial charge in [0.15, 0.2) is 0 Å². The molecule has 0 unspecified atom stereocenters. The summed E-state index contributed by atoms with van der Waals surface area (Å²) in [4.78, 5) is 2.71. The zero-order valence-corrected chi connectivity index (χ0v) is 13.7. The second kappa shape index (κ2) is 6.83. The lowest BCUT2D eigenvalue weighted by Crippen LogP contribution is -2.26. The Labute approximate surface area is 120 Å². The van der Waals surface area contributed by atoms with Crippen LogP contribution >= 0.6 is 11.3 Å². The van der Waals surface area contributed by atoms with Crippen LogP contribution in [0, 0.1) is 0 Å². The Hall–Kier alpha value is -0.430. The van der Waals surface area contributed by atoms with Crippen LogP contribution < -0.4 is 10.0 Å². The molecule has 0 fully saturated rings. The summed E-state index contributed by atoms with van der Waals surface area (Å²) < 4.78 is 24.2.